The van der Waals surface area contributed by atoms with E-state index in [1.165, 1.54) is 14.0 Å². The highest BCUT2D eigenvalue weighted by molar-refractivity contribution is 6.33. The zero-order valence-electron chi connectivity index (χ0n) is 8.17. The fourth-order valence-corrected chi connectivity index (χ4v) is 0.734. The maximum absolute atomic E-state index is 11.3. The SMILES string of the molecule is COC(=O)/C(C)=[N+](/[O-])C(C)(C)C. The number of hydrogen-bond acceptors (Lipinski definition) is 3. The standard InChI is InChI=1S/C8H15NO3/c1-6(7(10)12-5)9(11)8(2,3)4/h1-5H3/b9-6+. The van der Waals surface area contributed by atoms with Gasteiger partial charge in [-0.3, -0.25) is 0 Å². The maximum atomic E-state index is 11.3. The van der Waals surface area contributed by atoms with E-state index in [-0.39, 0.29) is 5.71 Å². The van der Waals surface area contributed by atoms with Gasteiger partial charge in [-0.15, -0.1) is 0 Å². The second-order valence-electron chi connectivity index (χ2n) is 3.54. The summed E-state index contributed by atoms with van der Waals surface area (Å²) in [6, 6.07) is 0. The summed E-state index contributed by atoms with van der Waals surface area (Å²) in [5, 5.41) is 11.3. The van der Waals surface area contributed by atoms with E-state index in [0.717, 1.165) is 0 Å². The molecule has 0 radical (unpaired) electrons. The molecule has 0 saturated carbocycles. The zero-order chi connectivity index (χ0) is 9.94. The van der Waals surface area contributed by atoms with Crippen molar-refractivity contribution in [2.45, 2.75) is 33.2 Å². The molecule has 0 amide bonds. The van der Waals surface area contributed by atoms with Crippen LogP contribution >= 0.6 is 0 Å². The van der Waals surface area contributed by atoms with Crippen LogP contribution in [0.2, 0.25) is 0 Å². The summed E-state index contributed by atoms with van der Waals surface area (Å²) in [5.41, 5.74) is -0.525. The van der Waals surface area contributed by atoms with Crippen LogP contribution in [0.15, 0.2) is 0 Å². The van der Waals surface area contributed by atoms with Crippen LogP contribution in [0, 0.1) is 5.21 Å². The Bertz CT molecular complexity index is 213. The highest BCUT2D eigenvalue weighted by Gasteiger charge is 2.25. The molecular formula is C8H15NO3. The molecule has 0 heterocycles. The average molecular weight is 173 g/mol. The van der Waals surface area contributed by atoms with Crippen LogP contribution in [-0.2, 0) is 9.53 Å². The van der Waals surface area contributed by atoms with E-state index in [4.69, 9.17) is 0 Å². The van der Waals surface area contributed by atoms with E-state index in [2.05, 4.69) is 4.74 Å². The predicted octanol–water partition coefficient (Wildman–Crippen LogP) is 0.929. The van der Waals surface area contributed by atoms with Gasteiger partial charge in [-0.2, -0.15) is 4.74 Å². The Kier molecular flexibility index (Phi) is 3.24. The molecule has 0 aliphatic carbocycles. The van der Waals surface area contributed by atoms with Gasteiger partial charge in [0.05, 0.1) is 7.11 Å². The summed E-state index contributed by atoms with van der Waals surface area (Å²) in [7, 11) is 1.25. The van der Waals surface area contributed by atoms with Crippen LogP contribution in [0.25, 0.3) is 0 Å². The van der Waals surface area contributed by atoms with Gasteiger partial charge in [0.2, 0.25) is 0 Å². The molecule has 0 aromatic heterocycles. The fraction of sp³-hybridized carbons (Fsp3) is 0.750. The van der Waals surface area contributed by atoms with E-state index >= 15 is 0 Å². The Morgan fingerprint density at radius 2 is 1.83 bits per heavy atom. The monoisotopic (exact) mass is 173 g/mol. The smallest absolute Gasteiger partial charge is 0.399 e. The third kappa shape index (κ3) is 2.53. The lowest BCUT2D eigenvalue weighted by Gasteiger charge is -2.20. The number of esters is 1. The van der Waals surface area contributed by atoms with Gasteiger partial charge < -0.3 is 9.94 Å². The molecule has 0 rings (SSSR count). The van der Waals surface area contributed by atoms with Crippen molar-refractivity contribution in [3.63, 3.8) is 0 Å². The van der Waals surface area contributed by atoms with Crippen LogP contribution in [0.3, 0.4) is 0 Å². The summed E-state index contributed by atoms with van der Waals surface area (Å²) in [5.74, 6) is -0.583. The summed E-state index contributed by atoms with van der Waals surface area (Å²) in [6.45, 7) is 6.63. The maximum Gasteiger partial charge on any atom is 0.399 e. The first kappa shape index (κ1) is 10.9. The van der Waals surface area contributed by atoms with Crippen LogP contribution < -0.4 is 0 Å². The van der Waals surface area contributed by atoms with Gasteiger partial charge in [0.25, 0.3) is 5.71 Å². The minimum absolute atomic E-state index is 0.0741. The first-order chi connectivity index (χ1) is 5.30. The summed E-state index contributed by atoms with van der Waals surface area (Å²) >= 11 is 0. The van der Waals surface area contributed by atoms with Gasteiger partial charge in [0, 0.05) is 27.7 Å². The minimum Gasteiger partial charge on any atom is -0.623 e. The van der Waals surface area contributed by atoms with E-state index in [1.807, 2.05) is 0 Å². The van der Waals surface area contributed by atoms with Crippen LogP contribution in [0.4, 0.5) is 0 Å². The van der Waals surface area contributed by atoms with Crippen molar-refractivity contribution < 1.29 is 14.3 Å². The number of nitrogens with zero attached hydrogens (tertiary/aromatic N) is 1. The normalized spacial score (nSPS) is 13.8. The van der Waals surface area contributed by atoms with Crippen molar-refractivity contribution in [2.75, 3.05) is 7.11 Å². The molecule has 0 aliphatic rings. The van der Waals surface area contributed by atoms with Gasteiger partial charge >= 0.3 is 5.97 Å². The Hall–Kier alpha value is -1.06. The van der Waals surface area contributed by atoms with E-state index in [1.54, 1.807) is 20.8 Å². The molecule has 0 aromatic rings. The molecule has 0 spiro atoms. The van der Waals surface area contributed by atoms with Crippen LogP contribution in [0.1, 0.15) is 27.7 Å². The summed E-state index contributed by atoms with van der Waals surface area (Å²) in [6.07, 6.45) is 0. The Balaban J connectivity index is 4.82. The lowest BCUT2D eigenvalue weighted by atomic mass is 10.1. The van der Waals surface area contributed by atoms with Crippen molar-refractivity contribution in [1.29, 1.82) is 0 Å². The van der Waals surface area contributed by atoms with E-state index in [0.29, 0.717) is 4.74 Å². The number of rotatable bonds is 1. The average Bonchev–Trinajstić information content (AvgIpc) is 1.98. The van der Waals surface area contributed by atoms with Crippen molar-refractivity contribution in [1.82, 2.24) is 0 Å². The van der Waals surface area contributed by atoms with E-state index < -0.39 is 11.5 Å². The van der Waals surface area contributed by atoms with E-state index in [9.17, 15) is 10.0 Å². The molecule has 0 bridgehead atoms. The molecule has 0 fully saturated rings. The van der Waals surface area contributed by atoms with Gasteiger partial charge in [-0.1, -0.05) is 0 Å². The number of hydroxylamine groups is 1. The minimum atomic E-state index is -0.599. The fourth-order valence-electron chi connectivity index (χ4n) is 0.734. The molecule has 0 aromatic carbocycles. The van der Waals surface area contributed by atoms with Crippen molar-refractivity contribution >= 4 is 11.7 Å². The molecule has 0 atom stereocenters. The topological polar surface area (TPSA) is 52.4 Å². The number of methoxy groups -OCH3 is 1. The molecular weight excluding hydrogens is 158 g/mol. The Labute approximate surface area is 72.4 Å². The number of carbonyl (C=O) groups excluding carboxylic acids is 1. The number of carbonyl (C=O) groups is 1. The van der Waals surface area contributed by atoms with Crippen molar-refractivity contribution in [3.8, 4) is 0 Å². The zero-order valence-corrected chi connectivity index (χ0v) is 8.17. The van der Waals surface area contributed by atoms with Gasteiger partial charge in [-0.05, 0) is 0 Å². The second-order valence-corrected chi connectivity index (χ2v) is 3.54. The second kappa shape index (κ2) is 3.56. The highest BCUT2D eigenvalue weighted by atomic mass is 16.5. The molecule has 0 saturated heterocycles. The van der Waals surface area contributed by atoms with Crippen molar-refractivity contribution in [2.24, 2.45) is 0 Å². The molecule has 0 aliphatic heterocycles. The predicted molar refractivity (Wildman–Crippen MR) is 46.1 cm³/mol. The summed E-state index contributed by atoms with van der Waals surface area (Å²) < 4.78 is 5.06. The lowest BCUT2D eigenvalue weighted by molar-refractivity contribution is -0.535. The quantitative estimate of drug-likeness (QED) is 0.195. The lowest BCUT2D eigenvalue weighted by Crippen LogP contribution is -2.36. The molecule has 70 valence electrons. The number of hydrogen-bond donors (Lipinski definition) is 0. The molecule has 4 nitrogen and oxygen atoms in total. The van der Waals surface area contributed by atoms with Crippen LogP contribution in [-0.4, -0.2) is 29.1 Å². The van der Waals surface area contributed by atoms with Gasteiger partial charge in [0.15, 0.2) is 5.54 Å². The Morgan fingerprint density at radius 3 is 2.08 bits per heavy atom. The largest absolute Gasteiger partial charge is 0.623 e. The molecule has 12 heavy (non-hydrogen) atoms. The number of ether oxygens (including phenoxy) is 1. The Morgan fingerprint density at radius 1 is 1.42 bits per heavy atom. The third-order valence-corrected chi connectivity index (χ3v) is 1.39. The first-order valence-electron chi connectivity index (χ1n) is 3.70. The molecule has 4 heteroatoms. The van der Waals surface area contributed by atoms with Gasteiger partial charge in [-0.25, -0.2) is 4.79 Å². The summed E-state index contributed by atoms with van der Waals surface area (Å²) in [4.78, 5) is 10.9. The van der Waals surface area contributed by atoms with Crippen molar-refractivity contribution in [3.05, 3.63) is 5.21 Å². The first-order valence-corrected chi connectivity index (χ1v) is 3.70. The molecule has 0 N–H and O–H groups in total. The third-order valence-electron chi connectivity index (χ3n) is 1.39. The van der Waals surface area contributed by atoms with Crippen LogP contribution in [0.5, 0.6) is 0 Å². The molecule has 0 unspecified atom stereocenters. The highest BCUT2D eigenvalue weighted by Crippen LogP contribution is 2.06. The van der Waals surface area contributed by atoms with Gasteiger partial charge in [0.1, 0.15) is 0 Å².